The molecule has 124 valence electrons. The van der Waals surface area contributed by atoms with E-state index in [1.807, 2.05) is 31.2 Å². The molecule has 1 atom stereocenters. The molecule has 0 spiro atoms. The van der Waals surface area contributed by atoms with Gasteiger partial charge in [-0.2, -0.15) is 0 Å². The van der Waals surface area contributed by atoms with Gasteiger partial charge in [-0.15, -0.1) is 0 Å². The summed E-state index contributed by atoms with van der Waals surface area (Å²) in [6, 6.07) is 7.95. The van der Waals surface area contributed by atoms with Crippen molar-refractivity contribution >= 4 is 5.97 Å². The van der Waals surface area contributed by atoms with E-state index in [1.54, 1.807) is 0 Å². The van der Waals surface area contributed by atoms with E-state index in [0.717, 1.165) is 43.4 Å². The molecule has 0 aromatic heterocycles. The van der Waals surface area contributed by atoms with Crippen molar-refractivity contribution in [3.8, 4) is 5.75 Å². The van der Waals surface area contributed by atoms with Crippen LogP contribution in [-0.4, -0.2) is 25.7 Å². The van der Waals surface area contributed by atoms with Gasteiger partial charge in [-0.3, -0.25) is 4.79 Å². The van der Waals surface area contributed by atoms with Crippen LogP contribution in [0.25, 0.3) is 0 Å². The second kappa shape index (κ2) is 11.1. The summed E-state index contributed by atoms with van der Waals surface area (Å²) in [4.78, 5) is 12.0. The van der Waals surface area contributed by atoms with Gasteiger partial charge in [0, 0.05) is 0 Å². The monoisotopic (exact) mass is 307 g/mol. The summed E-state index contributed by atoms with van der Waals surface area (Å²) >= 11 is 0. The molecule has 0 fully saturated rings. The summed E-state index contributed by atoms with van der Waals surface area (Å²) < 4.78 is 10.8. The Morgan fingerprint density at radius 1 is 1.18 bits per heavy atom. The predicted octanol–water partition coefficient (Wildman–Crippen LogP) is 3.33. The van der Waals surface area contributed by atoms with E-state index < -0.39 is 0 Å². The molecule has 2 N–H and O–H groups in total. The van der Waals surface area contributed by atoms with Gasteiger partial charge in [-0.05, 0) is 50.4 Å². The molecule has 0 aliphatic heterocycles. The molecular formula is C18H29NO3. The van der Waals surface area contributed by atoms with Crippen molar-refractivity contribution in [2.24, 2.45) is 11.7 Å². The molecule has 1 unspecified atom stereocenters. The van der Waals surface area contributed by atoms with Crippen molar-refractivity contribution in [2.45, 2.75) is 46.0 Å². The molecule has 0 saturated carbocycles. The number of hydrogen-bond acceptors (Lipinski definition) is 4. The first-order valence-electron chi connectivity index (χ1n) is 8.29. The topological polar surface area (TPSA) is 61.5 Å². The fourth-order valence-corrected chi connectivity index (χ4v) is 2.29. The minimum Gasteiger partial charge on any atom is -0.494 e. The van der Waals surface area contributed by atoms with Gasteiger partial charge in [0.1, 0.15) is 5.75 Å². The summed E-state index contributed by atoms with van der Waals surface area (Å²) in [6.45, 7) is 5.70. The van der Waals surface area contributed by atoms with Crippen LogP contribution < -0.4 is 10.5 Å². The molecule has 0 heterocycles. The molecule has 4 heteroatoms. The number of ether oxygens (including phenoxy) is 2. The largest absolute Gasteiger partial charge is 0.494 e. The van der Waals surface area contributed by atoms with Gasteiger partial charge in [0.2, 0.25) is 0 Å². The third-order valence-corrected chi connectivity index (χ3v) is 3.55. The molecule has 1 rings (SSSR count). The molecule has 0 saturated heterocycles. The molecule has 0 amide bonds. The number of nitrogens with two attached hydrogens (primary N) is 1. The minimum absolute atomic E-state index is 0.0519. The normalized spacial score (nSPS) is 12.0. The van der Waals surface area contributed by atoms with Gasteiger partial charge in [0.25, 0.3) is 0 Å². The number of rotatable bonds is 11. The summed E-state index contributed by atoms with van der Waals surface area (Å²) in [6.07, 6.45) is 4.59. The Balaban J connectivity index is 2.58. The quantitative estimate of drug-likeness (QED) is 0.503. The van der Waals surface area contributed by atoms with Gasteiger partial charge >= 0.3 is 5.97 Å². The number of carbonyl (C=O) groups excluding carboxylic acids is 1. The minimum atomic E-state index is -0.0841. The van der Waals surface area contributed by atoms with E-state index in [1.165, 1.54) is 0 Å². The Bertz CT molecular complexity index is 417. The summed E-state index contributed by atoms with van der Waals surface area (Å²) in [5.41, 5.74) is 6.58. The Labute approximate surface area is 134 Å². The average molecular weight is 307 g/mol. The van der Waals surface area contributed by atoms with Crippen LogP contribution in [0.5, 0.6) is 5.75 Å². The van der Waals surface area contributed by atoms with Crippen LogP contribution in [-0.2, 0) is 16.0 Å². The van der Waals surface area contributed by atoms with Crippen LogP contribution in [0.1, 0.15) is 45.1 Å². The molecule has 4 nitrogen and oxygen atoms in total. The summed E-state index contributed by atoms with van der Waals surface area (Å²) in [5, 5.41) is 0. The highest BCUT2D eigenvalue weighted by atomic mass is 16.5. The lowest BCUT2D eigenvalue weighted by molar-refractivity contribution is -0.148. The van der Waals surface area contributed by atoms with Gasteiger partial charge in [0.15, 0.2) is 0 Å². The van der Waals surface area contributed by atoms with Gasteiger partial charge in [-0.1, -0.05) is 31.9 Å². The number of esters is 1. The summed E-state index contributed by atoms with van der Waals surface area (Å²) in [7, 11) is 0. The molecule has 0 aliphatic carbocycles. The molecule has 0 bridgehead atoms. The van der Waals surface area contributed by atoms with Gasteiger partial charge < -0.3 is 15.2 Å². The van der Waals surface area contributed by atoms with Crippen molar-refractivity contribution in [2.75, 3.05) is 19.8 Å². The van der Waals surface area contributed by atoms with Gasteiger partial charge in [0.05, 0.1) is 19.1 Å². The lowest BCUT2D eigenvalue weighted by atomic mass is 9.94. The number of carbonyl (C=O) groups is 1. The Morgan fingerprint density at radius 3 is 2.50 bits per heavy atom. The Morgan fingerprint density at radius 2 is 1.91 bits per heavy atom. The van der Waals surface area contributed by atoms with Crippen molar-refractivity contribution < 1.29 is 14.3 Å². The molecular weight excluding hydrogens is 278 g/mol. The summed E-state index contributed by atoms with van der Waals surface area (Å²) in [5.74, 6) is 0.710. The number of unbranched alkanes of at least 4 members (excludes halogenated alkanes) is 1. The van der Waals surface area contributed by atoms with Crippen molar-refractivity contribution in [3.63, 3.8) is 0 Å². The number of hydrogen-bond donors (Lipinski definition) is 1. The lowest BCUT2D eigenvalue weighted by Crippen LogP contribution is -2.20. The van der Waals surface area contributed by atoms with Crippen LogP contribution >= 0.6 is 0 Å². The van der Waals surface area contributed by atoms with E-state index in [-0.39, 0.29) is 11.9 Å². The zero-order valence-electron chi connectivity index (χ0n) is 13.8. The van der Waals surface area contributed by atoms with Crippen LogP contribution in [0.3, 0.4) is 0 Å². The fourth-order valence-electron chi connectivity index (χ4n) is 2.29. The van der Waals surface area contributed by atoms with Gasteiger partial charge in [-0.25, -0.2) is 0 Å². The maximum atomic E-state index is 12.0. The Kier molecular flexibility index (Phi) is 9.31. The van der Waals surface area contributed by atoms with Crippen LogP contribution in [0.15, 0.2) is 24.3 Å². The maximum absolute atomic E-state index is 12.0. The zero-order valence-corrected chi connectivity index (χ0v) is 13.8. The van der Waals surface area contributed by atoms with Crippen LogP contribution in [0.2, 0.25) is 0 Å². The lowest BCUT2D eigenvalue weighted by Gasteiger charge is -2.15. The van der Waals surface area contributed by atoms with Crippen molar-refractivity contribution in [1.82, 2.24) is 0 Å². The Hall–Kier alpha value is -1.55. The predicted molar refractivity (Wildman–Crippen MR) is 89.0 cm³/mol. The molecule has 1 aromatic rings. The van der Waals surface area contributed by atoms with Crippen LogP contribution in [0.4, 0.5) is 0 Å². The molecule has 0 radical (unpaired) electrons. The second-order valence-corrected chi connectivity index (χ2v) is 5.43. The average Bonchev–Trinajstić information content (AvgIpc) is 2.53. The highest BCUT2D eigenvalue weighted by Gasteiger charge is 2.19. The first-order valence-corrected chi connectivity index (χ1v) is 8.29. The highest BCUT2D eigenvalue weighted by Crippen LogP contribution is 2.19. The standard InChI is InChI=1S/C18H29NO3/c1-3-5-7-16(18(20)21-4-2)14-15-8-10-17(11-9-15)22-13-6-12-19/h8-11,16H,3-7,12-14,19H2,1-2H3. The van der Waals surface area contributed by atoms with E-state index in [0.29, 0.717) is 19.8 Å². The van der Waals surface area contributed by atoms with Crippen molar-refractivity contribution in [1.29, 1.82) is 0 Å². The first-order chi connectivity index (χ1) is 10.7. The second-order valence-electron chi connectivity index (χ2n) is 5.43. The number of benzene rings is 1. The van der Waals surface area contributed by atoms with Crippen LogP contribution in [0, 0.1) is 5.92 Å². The third-order valence-electron chi connectivity index (χ3n) is 3.55. The molecule has 0 aliphatic rings. The fraction of sp³-hybridized carbons (Fsp3) is 0.611. The first kappa shape index (κ1) is 18.5. The maximum Gasteiger partial charge on any atom is 0.309 e. The van der Waals surface area contributed by atoms with E-state index in [4.69, 9.17) is 15.2 Å². The zero-order chi connectivity index (χ0) is 16.2. The third kappa shape index (κ3) is 6.94. The van der Waals surface area contributed by atoms with E-state index in [9.17, 15) is 4.79 Å². The van der Waals surface area contributed by atoms with E-state index in [2.05, 4.69) is 6.92 Å². The highest BCUT2D eigenvalue weighted by molar-refractivity contribution is 5.72. The molecule has 22 heavy (non-hydrogen) atoms. The smallest absolute Gasteiger partial charge is 0.309 e. The van der Waals surface area contributed by atoms with Crippen molar-refractivity contribution in [3.05, 3.63) is 29.8 Å². The van der Waals surface area contributed by atoms with E-state index >= 15 is 0 Å². The molecule has 1 aromatic carbocycles. The SMILES string of the molecule is CCCCC(Cc1ccc(OCCCN)cc1)C(=O)OCC.